The summed E-state index contributed by atoms with van der Waals surface area (Å²) in [5.74, 6) is 8.00. The number of anilines is 1. The molecule has 0 aromatic heterocycles. The van der Waals surface area contributed by atoms with Gasteiger partial charge in [0.1, 0.15) is 0 Å². The monoisotopic (exact) mass is 593 g/mol. The summed E-state index contributed by atoms with van der Waals surface area (Å²) >= 11 is 0. The molecule has 3 nitrogen and oxygen atoms in total. The number of aryl methyl sites for hydroxylation is 1. The fraction of sp³-hybridized carbons (Fsp3) is 0.190. The topological polar surface area (TPSA) is 55.3 Å². The van der Waals surface area contributed by atoms with Crippen LogP contribution < -0.4 is 16.6 Å². The first kappa shape index (κ1) is 33.2. The Hall–Kier alpha value is -4.70. The fourth-order valence-corrected chi connectivity index (χ4v) is 6.10. The molecule has 2 aliphatic carbocycles. The average Bonchev–Trinajstić information content (AvgIpc) is 3.67. The van der Waals surface area contributed by atoms with Crippen LogP contribution in [-0.2, 0) is 5.41 Å². The van der Waals surface area contributed by atoms with Crippen molar-refractivity contribution in [1.29, 1.82) is 0 Å². The Labute approximate surface area is 270 Å². The molecule has 7 rings (SSSR count). The highest BCUT2D eigenvalue weighted by atomic mass is 15.1. The van der Waals surface area contributed by atoms with Gasteiger partial charge in [0.25, 0.3) is 0 Å². The number of allylic oxidation sites excluding steroid dienone is 6. The molecule has 4 aromatic rings. The fourth-order valence-electron chi connectivity index (χ4n) is 6.10. The van der Waals surface area contributed by atoms with Crippen LogP contribution in [0.15, 0.2) is 151 Å². The molecular weight excluding hydrogens is 546 g/mol. The van der Waals surface area contributed by atoms with Gasteiger partial charge in [0.15, 0.2) is 0 Å². The van der Waals surface area contributed by atoms with E-state index in [4.69, 9.17) is 0 Å². The van der Waals surface area contributed by atoms with Crippen LogP contribution in [0.25, 0.3) is 22.3 Å². The van der Waals surface area contributed by atoms with Crippen LogP contribution >= 0.6 is 0 Å². The molecule has 0 atom stereocenters. The molecular formula is C42H47N3. The maximum atomic E-state index is 4.56. The highest BCUT2D eigenvalue weighted by Gasteiger charge is 2.39. The summed E-state index contributed by atoms with van der Waals surface area (Å²) in [6, 6.07) is 36.5. The lowest BCUT2D eigenvalue weighted by atomic mass is 9.80. The third-order valence-electron chi connectivity index (χ3n) is 8.36. The number of benzene rings is 4. The lowest BCUT2D eigenvalue weighted by Crippen LogP contribution is -2.22. The summed E-state index contributed by atoms with van der Waals surface area (Å²) in [5.41, 5.74) is 13.9. The Bertz CT molecular complexity index is 1720. The lowest BCUT2D eigenvalue weighted by Gasteiger charge is -2.30. The van der Waals surface area contributed by atoms with E-state index in [-0.39, 0.29) is 5.41 Å². The van der Waals surface area contributed by atoms with Gasteiger partial charge in [-0.25, -0.2) is 0 Å². The molecule has 1 heterocycles. The summed E-state index contributed by atoms with van der Waals surface area (Å²) in [5, 5.41) is 0. The molecule has 230 valence electrons. The molecule has 0 unspecified atom stereocenters. The average molecular weight is 594 g/mol. The Morgan fingerprint density at radius 2 is 1.42 bits per heavy atom. The van der Waals surface area contributed by atoms with Crippen LogP contribution in [0.5, 0.6) is 0 Å². The number of hydrogen-bond acceptors (Lipinski definition) is 3. The maximum Gasteiger partial charge on any atom is 0.0495 e. The van der Waals surface area contributed by atoms with Crippen molar-refractivity contribution in [2.45, 2.75) is 46.5 Å². The van der Waals surface area contributed by atoms with E-state index in [1.54, 1.807) is 0 Å². The maximum absolute atomic E-state index is 4.56. The van der Waals surface area contributed by atoms with Crippen LogP contribution in [0.2, 0.25) is 0 Å². The first-order valence-corrected chi connectivity index (χ1v) is 15.8. The highest BCUT2D eigenvalue weighted by Crippen LogP contribution is 2.52. The van der Waals surface area contributed by atoms with Crippen molar-refractivity contribution in [2.75, 3.05) is 11.4 Å². The van der Waals surface area contributed by atoms with Gasteiger partial charge >= 0.3 is 0 Å². The van der Waals surface area contributed by atoms with E-state index in [2.05, 4.69) is 159 Å². The molecule has 0 saturated heterocycles. The van der Waals surface area contributed by atoms with Gasteiger partial charge in [-0.2, -0.15) is 0 Å². The Morgan fingerprint density at radius 3 is 2.04 bits per heavy atom. The van der Waals surface area contributed by atoms with Crippen LogP contribution in [0.1, 0.15) is 56.4 Å². The van der Waals surface area contributed by atoms with Crippen molar-refractivity contribution in [3.05, 3.63) is 174 Å². The molecule has 3 aliphatic rings. The van der Waals surface area contributed by atoms with Crippen LogP contribution in [0.4, 0.5) is 5.69 Å². The van der Waals surface area contributed by atoms with E-state index in [1.807, 2.05) is 32.0 Å². The lowest BCUT2D eigenvalue weighted by molar-refractivity contribution is 0.661. The number of hydrogen-bond donors (Lipinski definition) is 2. The molecule has 3 heteroatoms. The second kappa shape index (κ2) is 15.3. The summed E-state index contributed by atoms with van der Waals surface area (Å²) < 4.78 is 0. The molecule has 0 amide bonds. The minimum absolute atomic E-state index is 0.0644. The first-order valence-electron chi connectivity index (χ1n) is 15.8. The van der Waals surface area contributed by atoms with E-state index in [9.17, 15) is 0 Å². The Balaban J connectivity index is 0.000000363. The zero-order valence-corrected chi connectivity index (χ0v) is 27.4. The van der Waals surface area contributed by atoms with E-state index < -0.39 is 0 Å². The van der Waals surface area contributed by atoms with Gasteiger partial charge in [-0.3, -0.25) is 11.7 Å². The molecule has 0 bridgehead atoms. The molecule has 45 heavy (non-hydrogen) atoms. The predicted molar refractivity (Wildman–Crippen MR) is 197 cm³/mol. The second-order valence-corrected chi connectivity index (χ2v) is 11.6. The van der Waals surface area contributed by atoms with Crippen molar-refractivity contribution < 1.29 is 0 Å². The Kier molecular flexibility index (Phi) is 11.3. The molecule has 4 N–H and O–H groups in total. The number of nitrogens with two attached hydrogens (primary N) is 2. The van der Waals surface area contributed by atoms with Gasteiger partial charge in [0.2, 0.25) is 0 Å². The number of nitrogens with zero attached hydrogens (tertiary/aromatic N) is 1. The summed E-state index contributed by atoms with van der Waals surface area (Å²) in [4.78, 5) is 2.44. The highest BCUT2D eigenvalue weighted by molar-refractivity contribution is 5.97. The molecule has 0 radical (unpaired) electrons. The van der Waals surface area contributed by atoms with Gasteiger partial charge < -0.3 is 4.90 Å². The predicted octanol–water partition coefficient (Wildman–Crippen LogP) is 10.2. The van der Waals surface area contributed by atoms with Crippen molar-refractivity contribution >= 4 is 16.8 Å². The quantitative estimate of drug-likeness (QED) is 0.184. The van der Waals surface area contributed by atoms with E-state index in [0.29, 0.717) is 0 Å². The summed E-state index contributed by atoms with van der Waals surface area (Å²) in [6.07, 6.45) is 12.5. The zero-order valence-electron chi connectivity index (χ0n) is 27.4. The second-order valence-electron chi connectivity index (χ2n) is 11.6. The molecule has 1 aliphatic heterocycles. The van der Waals surface area contributed by atoms with Gasteiger partial charge in [-0.15, -0.1) is 0 Å². The largest absolute Gasteiger partial charge is 0.342 e. The standard InChI is InChI=1S/C33H29N.C7H8.C2H6.H4N2/c1-23-19-31-29(28-15-9-10-16-30(28)33(31,2)3)22-34(21-24-11-7-8-12-24)32-20-26(17-18-27(23)32)25-13-5-4-6-14-25;1-7-5-3-2-4-6-7;2*1-2/h4-7,9-20,22H,1,8,21H2,2-3H3;2-6H,1H3;1-2H3;1-2H2/b29-22-,31-19+;;;. The van der Waals surface area contributed by atoms with Gasteiger partial charge in [-0.05, 0) is 58.4 Å². The molecule has 0 spiro atoms. The van der Waals surface area contributed by atoms with Crippen molar-refractivity contribution in [3.8, 4) is 11.1 Å². The summed E-state index contributed by atoms with van der Waals surface area (Å²) in [7, 11) is 0. The molecule has 0 saturated carbocycles. The molecule has 4 aromatic carbocycles. The van der Waals surface area contributed by atoms with Crippen LogP contribution in [0.3, 0.4) is 0 Å². The number of fused-ring (bicyclic) bond motifs is 4. The summed E-state index contributed by atoms with van der Waals surface area (Å²) in [6.45, 7) is 16.1. The minimum Gasteiger partial charge on any atom is -0.342 e. The number of rotatable bonds is 3. The zero-order chi connectivity index (χ0) is 32.4. The minimum atomic E-state index is -0.0644. The Morgan fingerprint density at radius 1 is 0.778 bits per heavy atom. The molecule has 0 fully saturated rings. The SMILES string of the molecule is C=C1/C=C2\C(=C/N(CC3=CCC=C3)c3cc(-c4ccccc4)ccc31)c1ccccc1C2(C)C.CC.Cc1ccccc1.NN. The van der Waals surface area contributed by atoms with Gasteiger partial charge in [0.05, 0.1) is 0 Å². The van der Waals surface area contributed by atoms with Crippen molar-refractivity contribution in [3.63, 3.8) is 0 Å². The van der Waals surface area contributed by atoms with Crippen molar-refractivity contribution in [2.24, 2.45) is 11.7 Å². The number of hydrazine groups is 1. The van der Waals surface area contributed by atoms with Gasteiger partial charge in [0, 0.05) is 35.0 Å². The van der Waals surface area contributed by atoms with E-state index in [1.165, 1.54) is 55.8 Å². The third-order valence-corrected chi connectivity index (χ3v) is 8.36. The smallest absolute Gasteiger partial charge is 0.0495 e. The third kappa shape index (κ3) is 7.34. The van der Waals surface area contributed by atoms with E-state index in [0.717, 1.165) is 18.5 Å². The van der Waals surface area contributed by atoms with E-state index >= 15 is 0 Å². The first-order chi connectivity index (χ1) is 21.9. The normalized spacial score (nSPS) is 17.4. The van der Waals surface area contributed by atoms with Crippen molar-refractivity contribution in [1.82, 2.24) is 0 Å². The van der Waals surface area contributed by atoms with Crippen LogP contribution in [-0.4, -0.2) is 6.54 Å². The van der Waals surface area contributed by atoms with Gasteiger partial charge in [-0.1, -0.05) is 161 Å². The van der Waals surface area contributed by atoms with Crippen LogP contribution in [0, 0.1) is 6.92 Å².